The zero-order valence-electron chi connectivity index (χ0n) is 12.5. The predicted molar refractivity (Wildman–Crippen MR) is 84.8 cm³/mol. The smallest absolute Gasteiger partial charge is 0.161 e. The highest BCUT2D eigenvalue weighted by atomic mass is 16.5. The summed E-state index contributed by atoms with van der Waals surface area (Å²) in [6.45, 7) is 5.84. The van der Waals surface area contributed by atoms with Crippen LogP contribution in [0, 0.1) is 0 Å². The molecule has 2 aromatic rings. The molecule has 0 amide bonds. The first-order valence-corrected chi connectivity index (χ1v) is 7.63. The van der Waals surface area contributed by atoms with Gasteiger partial charge in [0.15, 0.2) is 11.5 Å². The molecular formula is C18H24O2. The molecule has 2 nitrogen and oxygen atoms in total. The maximum absolute atomic E-state index is 5.89. The van der Waals surface area contributed by atoms with Crippen LogP contribution in [0.5, 0.6) is 11.5 Å². The molecule has 0 bridgehead atoms. The SMILES string of the molecule is CCCCOc1cc2ccccc2cc1OCCCC. The van der Waals surface area contributed by atoms with E-state index in [4.69, 9.17) is 9.47 Å². The number of hydrogen-bond donors (Lipinski definition) is 0. The van der Waals surface area contributed by atoms with Crippen LogP contribution in [0.15, 0.2) is 36.4 Å². The van der Waals surface area contributed by atoms with Gasteiger partial charge in [0.25, 0.3) is 0 Å². The van der Waals surface area contributed by atoms with Crippen LogP contribution >= 0.6 is 0 Å². The zero-order valence-corrected chi connectivity index (χ0v) is 12.5. The molecule has 0 heterocycles. The fraction of sp³-hybridized carbons (Fsp3) is 0.444. The van der Waals surface area contributed by atoms with E-state index in [2.05, 4.69) is 50.2 Å². The Bertz CT molecular complexity index is 485. The summed E-state index contributed by atoms with van der Waals surface area (Å²) in [6.07, 6.45) is 4.42. The first-order valence-electron chi connectivity index (χ1n) is 7.63. The van der Waals surface area contributed by atoms with Gasteiger partial charge in [-0.05, 0) is 35.7 Å². The Kier molecular flexibility index (Phi) is 5.72. The van der Waals surface area contributed by atoms with E-state index in [-0.39, 0.29) is 0 Å². The van der Waals surface area contributed by atoms with Crippen LogP contribution in [-0.2, 0) is 0 Å². The molecule has 20 heavy (non-hydrogen) atoms. The number of fused-ring (bicyclic) bond motifs is 1. The van der Waals surface area contributed by atoms with Crippen LogP contribution in [0.2, 0.25) is 0 Å². The lowest BCUT2D eigenvalue weighted by Crippen LogP contribution is -2.02. The van der Waals surface area contributed by atoms with Crippen LogP contribution in [0.3, 0.4) is 0 Å². The number of benzene rings is 2. The minimum Gasteiger partial charge on any atom is -0.490 e. The Morgan fingerprint density at radius 1 is 0.750 bits per heavy atom. The molecule has 0 N–H and O–H groups in total. The van der Waals surface area contributed by atoms with E-state index in [9.17, 15) is 0 Å². The van der Waals surface area contributed by atoms with E-state index in [1.807, 2.05) is 0 Å². The Hall–Kier alpha value is -1.70. The van der Waals surface area contributed by atoms with Crippen molar-refractivity contribution in [3.8, 4) is 11.5 Å². The molecule has 2 aromatic carbocycles. The molecule has 0 aliphatic carbocycles. The van der Waals surface area contributed by atoms with Crippen LogP contribution in [0.4, 0.5) is 0 Å². The van der Waals surface area contributed by atoms with Crippen molar-refractivity contribution in [2.75, 3.05) is 13.2 Å². The average molecular weight is 272 g/mol. The van der Waals surface area contributed by atoms with E-state index in [1.54, 1.807) is 0 Å². The molecule has 0 aliphatic heterocycles. The van der Waals surface area contributed by atoms with Crippen molar-refractivity contribution in [1.82, 2.24) is 0 Å². The van der Waals surface area contributed by atoms with Gasteiger partial charge in [0.05, 0.1) is 13.2 Å². The van der Waals surface area contributed by atoms with Crippen molar-refractivity contribution in [3.63, 3.8) is 0 Å². The molecule has 0 aliphatic rings. The van der Waals surface area contributed by atoms with Crippen LogP contribution in [-0.4, -0.2) is 13.2 Å². The first kappa shape index (κ1) is 14.7. The fourth-order valence-electron chi connectivity index (χ4n) is 2.08. The van der Waals surface area contributed by atoms with Gasteiger partial charge >= 0.3 is 0 Å². The minimum atomic E-state index is 0.749. The lowest BCUT2D eigenvalue weighted by Gasteiger charge is -2.14. The van der Waals surface area contributed by atoms with Crippen LogP contribution < -0.4 is 9.47 Å². The van der Waals surface area contributed by atoms with Gasteiger partial charge in [0, 0.05) is 0 Å². The van der Waals surface area contributed by atoms with E-state index >= 15 is 0 Å². The highest BCUT2D eigenvalue weighted by Gasteiger charge is 2.07. The van der Waals surface area contributed by atoms with Crippen molar-refractivity contribution in [2.24, 2.45) is 0 Å². The largest absolute Gasteiger partial charge is 0.490 e. The molecule has 0 radical (unpaired) electrons. The second kappa shape index (κ2) is 7.78. The lowest BCUT2D eigenvalue weighted by molar-refractivity contribution is 0.262. The van der Waals surface area contributed by atoms with Gasteiger partial charge in [-0.3, -0.25) is 0 Å². The molecule has 0 fully saturated rings. The van der Waals surface area contributed by atoms with Crippen molar-refractivity contribution in [3.05, 3.63) is 36.4 Å². The Balaban J connectivity index is 2.21. The molecule has 0 unspecified atom stereocenters. The van der Waals surface area contributed by atoms with Crippen molar-refractivity contribution in [2.45, 2.75) is 39.5 Å². The van der Waals surface area contributed by atoms with E-state index in [0.717, 1.165) is 50.4 Å². The van der Waals surface area contributed by atoms with Gasteiger partial charge in [-0.15, -0.1) is 0 Å². The van der Waals surface area contributed by atoms with E-state index in [0.29, 0.717) is 0 Å². The molecular weight excluding hydrogens is 248 g/mol. The third kappa shape index (κ3) is 3.89. The summed E-state index contributed by atoms with van der Waals surface area (Å²) in [7, 11) is 0. The maximum atomic E-state index is 5.89. The van der Waals surface area contributed by atoms with Crippen molar-refractivity contribution < 1.29 is 9.47 Å². The lowest BCUT2D eigenvalue weighted by atomic mass is 10.1. The highest BCUT2D eigenvalue weighted by molar-refractivity contribution is 5.86. The summed E-state index contributed by atoms with van der Waals surface area (Å²) in [4.78, 5) is 0. The maximum Gasteiger partial charge on any atom is 0.161 e. The topological polar surface area (TPSA) is 18.5 Å². The Morgan fingerprint density at radius 3 is 1.60 bits per heavy atom. The van der Waals surface area contributed by atoms with Gasteiger partial charge in [0.2, 0.25) is 0 Å². The molecule has 0 spiro atoms. The summed E-state index contributed by atoms with van der Waals surface area (Å²) in [5, 5.41) is 2.39. The summed E-state index contributed by atoms with van der Waals surface area (Å²) >= 11 is 0. The number of unbranched alkanes of at least 4 members (excludes halogenated alkanes) is 2. The normalized spacial score (nSPS) is 10.7. The van der Waals surface area contributed by atoms with Gasteiger partial charge in [-0.25, -0.2) is 0 Å². The molecule has 0 saturated heterocycles. The van der Waals surface area contributed by atoms with Crippen molar-refractivity contribution >= 4 is 10.8 Å². The zero-order chi connectivity index (χ0) is 14.2. The van der Waals surface area contributed by atoms with Crippen LogP contribution in [0.1, 0.15) is 39.5 Å². The molecule has 2 heteroatoms. The molecule has 2 rings (SSSR count). The van der Waals surface area contributed by atoms with Gasteiger partial charge < -0.3 is 9.47 Å². The van der Waals surface area contributed by atoms with Gasteiger partial charge in [-0.1, -0.05) is 51.0 Å². The van der Waals surface area contributed by atoms with E-state index in [1.165, 1.54) is 10.8 Å². The number of hydrogen-bond acceptors (Lipinski definition) is 2. The summed E-state index contributed by atoms with van der Waals surface area (Å²) in [5.41, 5.74) is 0. The Labute approximate surface area is 121 Å². The highest BCUT2D eigenvalue weighted by Crippen LogP contribution is 2.33. The summed E-state index contributed by atoms with van der Waals surface area (Å²) in [6, 6.07) is 12.5. The monoisotopic (exact) mass is 272 g/mol. The molecule has 0 aromatic heterocycles. The average Bonchev–Trinajstić information content (AvgIpc) is 2.48. The second-order valence-electron chi connectivity index (χ2n) is 5.05. The molecule has 0 atom stereocenters. The summed E-state index contributed by atoms with van der Waals surface area (Å²) < 4.78 is 11.8. The molecule has 108 valence electrons. The third-order valence-corrected chi connectivity index (χ3v) is 3.32. The Morgan fingerprint density at radius 2 is 1.20 bits per heavy atom. The van der Waals surface area contributed by atoms with Gasteiger partial charge in [-0.2, -0.15) is 0 Å². The van der Waals surface area contributed by atoms with Crippen molar-refractivity contribution in [1.29, 1.82) is 0 Å². The first-order chi connectivity index (χ1) is 9.85. The third-order valence-electron chi connectivity index (χ3n) is 3.32. The van der Waals surface area contributed by atoms with E-state index < -0.39 is 0 Å². The quantitative estimate of drug-likeness (QED) is 0.615. The van der Waals surface area contributed by atoms with Crippen LogP contribution in [0.25, 0.3) is 10.8 Å². The molecule has 0 saturated carbocycles. The minimum absolute atomic E-state index is 0.749. The number of ether oxygens (including phenoxy) is 2. The summed E-state index contributed by atoms with van der Waals surface area (Å²) in [5.74, 6) is 1.74. The fourth-order valence-corrected chi connectivity index (χ4v) is 2.08. The standard InChI is InChI=1S/C18H24O2/c1-3-5-11-19-17-13-15-9-7-8-10-16(15)14-18(17)20-12-6-4-2/h7-10,13-14H,3-6,11-12H2,1-2H3. The number of rotatable bonds is 8. The predicted octanol–water partition coefficient (Wildman–Crippen LogP) is 5.20. The second-order valence-corrected chi connectivity index (χ2v) is 5.05. The van der Waals surface area contributed by atoms with Gasteiger partial charge in [0.1, 0.15) is 0 Å².